The summed E-state index contributed by atoms with van der Waals surface area (Å²) in [6.07, 6.45) is 2.38. The maximum atomic E-state index is 12.8. The fourth-order valence-corrected chi connectivity index (χ4v) is 6.07. The maximum absolute atomic E-state index is 12.8. The summed E-state index contributed by atoms with van der Waals surface area (Å²) in [5, 5.41) is 49.0. The number of ether oxygens (including phenoxy) is 1. The number of thiocarbonyl (C=S) groups is 4. The first-order valence-corrected chi connectivity index (χ1v) is 13.0. The van der Waals surface area contributed by atoms with E-state index in [-0.39, 0.29) is 39.4 Å². The lowest BCUT2D eigenvalue weighted by molar-refractivity contribution is -0.146. The third-order valence-electron chi connectivity index (χ3n) is 6.04. The van der Waals surface area contributed by atoms with Crippen molar-refractivity contribution in [3.05, 3.63) is 23.8 Å². The molecule has 0 unspecified atom stereocenters. The minimum Gasteiger partial charge on any atom is -0.481 e. The quantitative estimate of drug-likeness (QED) is 0.114. The SMILES string of the molecule is O=C(O)CCC(=S)C(C(=S)CCC(=O)O)(C(=S)CCC(=O)O)C(CO)(CO)COC(=O)C1=CCC(=S)C=C1. The van der Waals surface area contributed by atoms with Gasteiger partial charge in [0.25, 0.3) is 0 Å². The average molecular weight is 605 g/mol. The van der Waals surface area contributed by atoms with E-state index in [0.29, 0.717) is 11.3 Å². The topological polar surface area (TPSA) is 179 Å². The molecule has 208 valence electrons. The summed E-state index contributed by atoms with van der Waals surface area (Å²) in [6.45, 7) is -2.56. The van der Waals surface area contributed by atoms with Crippen LogP contribution in [0.5, 0.6) is 0 Å². The Bertz CT molecular complexity index is 998. The number of aliphatic hydroxyl groups is 2. The molecule has 1 rings (SSSR count). The van der Waals surface area contributed by atoms with E-state index in [1.54, 1.807) is 6.08 Å². The molecule has 5 N–H and O–H groups in total. The summed E-state index contributed by atoms with van der Waals surface area (Å²) in [5.74, 6) is -4.51. The number of carbonyl (C=O) groups excluding carboxylic acids is 1. The standard InChI is InChI=1S/C24H28O10S4/c25-11-23(12-26,13-34-22(33)14-1-3-15(35)4-2-14)24(16(36)5-8-19(27)28,17(37)6-9-20(29)30)18(38)7-10-21(31)32/h1-3,25-26H,4-13H2,(H,27,28)(H,29,30)(H,31,32). The molecular formula is C24H28O10S4. The Balaban J connectivity index is 3.69. The van der Waals surface area contributed by atoms with Crippen molar-refractivity contribution >= 4 is 92.2 Å². The minimum absolute atomic E-state index is 0.146. The van der Waals surface area contributed by atoms with Crippen LogP contribution in [-0.4, -0.2) is 88.7 Å². The van der Waals surface area contributed by atoms with Gasteiger partial charge >= 0.3 is 23.9 Å². The molecule has 0 aromatic heterocycles. The first-order chi connectivity index (χ1) is 17.8. The summed E-state index contributed by atoms with van der Waals surface area (Å²) in [5.41, 5.74) is -3.81. The third kappa shape index (κ3) is 8.32. The number of allylic oxidation sites excluding steroid dienone is 2. The fraction of sp³-hybridized carbons (Fsp3) is 0.500. The highest BCUT2D eigenvalue weighted by Crippen LogP contribution is 2.48. The van der Waals surface area contributed by atoms with Gasteiger partial charge in [-0.1, -0.05) is 54.9 Å². The first kappa shape index (κ1) is 33.7. The number of hydrogen-bond donors (Lipinski definition) is 5. The van der Waals surface area contributed by atoms with Crippen LogP contribution in [0.1, 0.15) is 44.9 Å². The Kier molecular flexibility index (Phi) is 13.5. The second-order valence-electron chi connectivity index (χ2n) is 8.54. The van der Waals surface area contributed by atoms with E-state index in [0.717, 1.165) is 0 Å². The number of aliphatic hydroxyl groups excluding tert-OH is 2. The van der Waals surface area contributed by atoms with Crippen LogP contribution in [0.4, 0.5) is 0 Å². The highest BCUT2D eigenvalue weighted by Gasteiger charge is 2.59. The molecule has 0 aromatic rings. The van der Waals surface area contributed by atoms with Crippen molar-refractivity contribution in [2.75, 3.05) is 19.8 Å². The van der Waals surface area contributed by atoms with Crippen molar-refractivity contribution in [2.24, 2.45) is 10.8 Å². The van der Waals surface area contributed by atoms with E-state index >= 15 is 0 Å². The Morgan fingerprint density at radius 1 is 0.763 bits per heavy atom. The second kappa shape index (κ2) is 15.3. The van der Waals surface area contributed by atoms with Gasteiger partial charge in [0.2, 0.25) is 0 Å². The molecule has 1 aliphatic rings. The highest BCUT2D eigenvalue weighted by molar-refractivity contribution is 7.84. The normalized spacial score (nSPS) is 13.4. The Labute approximate surface area is 240 Å². The minimum atomic E-state index is -2.00. The molecule has 0 spiro atoms. The summed E-state index contributed by atoms with van der Waals surface area (Å²) < 4.78 is 5.45. The van der Waals surface area contributed by atoms with Crippen LogP contribution < -0.4 is 0 Å². The van der Waals surface area contributed by atoms with Gasteiger partial charge in [0.1, 0.15) is 6.61 Å². The van der Waals surface area contributed by atoms with Crippen molar-refractivity contribution in [3.63, 3.8) is 0 Å². The highest BCUT2D eigenvalue weighted by atomic mass is 32.1. The van der Waals surface area contributed by atoms with Crippen LogP contribution in [0.2, 0.25) is 0 Å². The lowest BCUT2D eigenvalue weighted by Crippen LogP contribution is -2.62. The molecule has 0 atom stereocenters. The van der Waals surface area contributed by atoms with Gasteiger partial charge in [-0.25, -0.2) is 4.79 Å². The zero-order chi connectivity index (χ0) is 29.1. The lowest BCUT2D eigenvalue weighted by atomic mass is 9.56. The van der Waals surface area contributed by atoms with E-state index in [1.807, 2.05) is 0 Å². The van der Waals surface area contributed by atoms with E-state index < -0.39 is 73.8 Å². The van der Waals surface area contributed by atoms with E-state index in [1.165, 1.54) is 12.2 Å². The number of rotatable bonds is 18. The molecule has 38 heavy (non-hydrogen) atoms. The molecule has 0 saturated heterocycles. The van der Waals surface area contributed by atoms with Crippen LogP contribution in [-0.2, 0) is 23.9 Å². The van der Waals surface area contributed by atoms with Crippen LogP contribution >= 0.6 is 48.9 Å². The van der Waals surface area contributed by atoms with E-state index in [2.05, 4.69) is 0 Å². The van der Waals surface area contributed by atoms with E-state index in [4.69, 9.17) is 53.6 Å². The molecule has 0 aromatic carbocycles. The molecule has 0 bridgehead atoms. The summed E-state index contributed by atoms with van der Waals surface area (Å²) in [4.78, 5) is 46.9. The molecule has 10 nitrogen and oxygen atoms in total. The Morgan fingerprint density at radius 2 is 1.18 bits per heavy atom. The van der Waals surface area contributed by atoms with Crippen LogP contribution in [0.25, 0.3) is 0 Å². The van der Waals surface area contributed by atoms with Crippen molar-refractivity contribution in [3.8, 4) is 0 Å². The largest absolute Gasteiger partial charge is 0.481 e. The van der Waals surface area contributed by atoms with Crippen LogP contribution in [0, 0.1) is 10.8 Å². The van der Waals surface area contributed by atoms with Crippen LogP contribution in [0.3, 0.4) is 0 Å². The number of aliphatic carboxylic acids is 3. The number of hydrogen-bond acceptors (Lipinski definition) is 11. The molecule has 0 heterocycles. The first-order valence-electron chi connectivity index (χ1n) is 11.3. The van der Waals surface area contributed by atoms with Gasteiger partial charge in [-0.2, -0.15) is 0 Å². The van der Waals surface area contributed by atoms with Gasteiger partial charge in [0, 0.05) is 45.1 Å². The maximum Gasteiger partial charge on any atom is 0.337 e. The van der Waals surface area contributed by atoms with Crippen molar-refractivity contribution < 1.29 is 49.4 Å². The Morgan fingerprint density at radius 3 is 1.50 bits per heavy atom. The molecular weight excluding hydrogens is 577 g/mol. The molecule has 14 heteroatoms. The van der Waals surface area contributed by atoms with E-state index in [9.17, 15) is 44.7 Å². The van der Waals surface area contributed by atoms with Gasteiger partial charge in [0.15, 0.2) is 0 Å². The van der Waals surface area contributed by atoms with Gasteiger partial charge in [-0.05, 0) is 31.4 Å². The second-order valence-corrected chi connectivity index (χ2v) is 10.5. The molecule has 1 aliphatic carbocycles. The monoisotopic (exact) mass is 604 g/mol. The predicted octanol–water partition coefficient (Wildman–Crippen LogP) is 2.45. The molecule has 0 aliphatic heterocycles. The molecule has 0 amide bonds. The molecule has 0 fully saturated rings. The number of carboxylic acid groups (broad SMARTS) is 3. The van der Waals surface area contributed by atoms with Gasteiger partial charge in [-0.15, -0.1) is 0 Å². The number of carboxylic acids is 3. The molecule has 0 saturated carbocycles. The number of esters is 1. The van der Waals surface area contributed by atoms with Gasteiger partial charge in [-0.3, -0.25) is 14.4 Å². The lowest BCUT2D eigenvalue weighted by Gasteiger charge is -2.50. The average Bonchev–Trinajstić information content (AvgIpc) is 2.87. The zero-order valence-corrected chi connectivity index (χ0v) is 23.5. The summed E-state index contributed by atoms with van der Waals surface area (Å²) in [7, 11) is 0. The number of carbonyl (C=O) groups is 4. The van der Waals surface area contributed by atoms with Gasteiger partial charge < -0.3 is 30.3 Å². The Hall–Kier alpha value is -2.36. The van der Waals surface area contributed by atoms with Crippen molar-refractivity contribution in [2.45, 2.75) is 44.9 Å². The fourth-order valence-electron chi connectivity index (χ4n) is 4.03. The summed E-state index contributed by atoms with van der Waals surface area (Å²) in [6, 6.07) is 0. The van der Waals surface area contributed by atoms with Crippen molar-refractivity contribution in [1.82, 2.24) is 0 Å². The molecule has 0 radical (unpaired) electrons. The van der Waals surface area contributed by atoms with Crippen molar-refractivity contribution in [1.29, 1.82) is 0 Å². The smallest absolute Gasteiger partial charge is 0.337 e. The summed E-state index contributed by atoms with van der Waals surface area (Å²) >= 11 is 21.8. The van der Waals surface area contributed by atoms with Crippen LogP contribution in [0.15, 0.2) is 23.8 Å². The predicted molar refractivity (Wildman–Crippen MR) is 153 cm³/mol. The van der Waals surface area contributed by atoms with Gasteiger partial charge in [0.05, 0.1) is 29.6 Å². The zero-order valence-electron chi connectivity index (χ0n) is 20.2. The third-order valence-corrected chi connectivity index (χ3v) is 7.87.